The molecule has 1 unspecified atom stereocenters. The molecule has 2 heterocycles. The Morgan fingerprint density at radius 2 is 2.00 bits per heavy atom. The fourth-order valence-electron chi connectivity index (χ4n) is 2.17. The molecule has 0 bridgehead atoms. The van der Waals surface area contributed by atoms with Crippen LogP contribution < -0.4 is 10.5 Å². The maximum Gasteiger partial charge on any atom is 0.154 e. The molecule has 0 fully saturated rings. The van der Waals surface area contributed by atoms with Crippen molar-refractivity contribution < 1.29 is 4.74 Å². The number of para-hydroxylation sites is 1. The molecule has 4 nitrogen and oxygen atoms in total. The standard InChI is InChI=1S/C15H14ClN3OS/c1-15(9-21-14(17)19-15)13-12(7-4-8-18-13)20-11-6-3-2-5-10(11)16/h2-8H,9H2,1H3,(H2,17,19). The zero-order chi connectivity index (χ0) is 14.9. The molecule has 1 aliphatic rings. The molecule has 1 aromatic heterocycles. The lowest BCUT2D eigenvalue weighted by Crippen LogP contribution is -2.22. The first-order chi connectivity index (χ1) is 10.1. The Labute approximate surface area is 132 Å². The van der Waals surface area contributed by atoms with Crippen LogP contribution >= 0.6 is 23.4 Å². The quantitative estimate of drug-likeness (QED) is 0.934. The van der Waals surface area contributed by atoms with Crippen molar-refractivity contribution in [3.05, 3.63) is 53.3 Å². The molecule has 0 spiro atoms. The van der Waals surface area contributed by atoms with Crippen molar-refractivity contribution in [3.63, 3.8) is 0 Å². The summed E-state index contributed by atoms with van der Waals surface area (Å²) < 4.78 is 5.94. The average molecular weight is 320 g/mol. The van der Waals surface area contributed by atoms with Gasteiger partial charge in [-0.05, 0) is 31.2 Å². The topological polar surface area (TPSA) is 60.5 Å². The Morgan fingerprint density at radius 1 is 1.24 bits per heavy atom. The highest BCUT2D eigenvalue weighted by molar-refractivity contribution is 8.14. The molecule has 1 atom stereocenters. The zero-order valence-corrected chi connectivity index (χ0v) is 13.0. The number of rotatable bonds is 3. The van der Waals surface area contributed by atoms with Gasteiger partial charge in [-0.3, -0.25) is 4.98 Å². The Kier molecular flexibility index (Phi) is 3.78. The van der Waals surface area contributed by atoms with Crippen molar-refractivity contribution in [3.8, 4) is 11.5 Å². The third-order valence-corrected chi connectivity index (χ3v) is 4.60. The van der Waals surface area contributed by atoms with Gasteiger partial charge in [-0.1, -0.05) is 35.5 Å². The van der Waals surface area contributed by atoms with Gasteiger partial charge in [-0.2, -0.15) is 0 Å². The number of benzene rings is 1. The Balaban J connectivity index is 2.00. The molecule has 0 saturated heterocycles. The van der Waals surface area contributed by atoms with Gasteiger partial charge in [0.2, 0.25) is 0 Å². The number of aliphatic imine (C=N–C) groups is 1. The first-order valence-electron chi connectivity index (χ1n) is 6.44. The van der Waals surface area contributed by atoms with Crippen molar-refractivity contribution in [1.29, 1.82) is 0 Å². The highest BCUT2D eigenvalue weighted by Crippen LogP contribution is 2.40. The largest absolute Gasteiger partial charge is 0.454 e. The summed E-state index contributed by atoms with van der Waals surface area (Å²) in [7, 11) is 0. The number of ether oxygens (including phenoxy) is 1. The Bertz CT molecular complexity index is 707. The van der Waals surface area contributed by atoms with Crippen molar-refractivity contribution in [2.75, 3.05) is 5.75 Å². The van der Waals surface area contributed by atoms with Gasteiger partial charge in [0.15, 0.2) is 10.9 Å². The van der Waals surface area contributed by atoms with Crippen LogP contribution in [0.2, 0.25) is 5.02 Å². The van der Waals surface area contributed by atoms with Crippen LogP contribution in [0.4, 0.5) is 0 Å². The molecule has 21 heavy (non-hydrogen) atoms. The van der Waals surface area contributed by atoms with Gasteiger partial charge in [0.1, 0.15) is 17.0 Å². The fraction of sp³-hybridized carbons (Fsp3) is 0.200. The van der Waals surface area contributed by atoms with Crippen LogP contribution in [0.5, 0.6) is 11.5 Å². The highest BCUT2D eigenvalue weighted by Gasteiger charge is 2.36. The van der Waals surface area contributed by atoms with Crippen molar-refractivity contribution in [1.82, 2.24) is 4.98 Å². The number of aromatic nitrogens is 1. The van der Waals surface area contributed by atoms with E-state index in [0.717, 1.165) is 11.4 Å². The van der Waals surface area contributed by atoms with Gasteiger partial charge >= 0.3 is 0 Å². The van der Waals surface area contributed by atoms with E-state index in [9.17, 15) is 0 Å². The summed E-state index contributed by atoms with van der Waals surface area (Å²) in [6.45, 7) is 2.00. The van der Waals surface area contributed by atoms with Gasteiger partial charge in [0.05, 0.1) is 5.02 Å². The highest BCUT2D eigenvalue weighted by atomic mass is 35.5. The molecule has 0 radical (unpaired) electrons. The lowest BCUT2D eigenvalue weighted by molar-refractivity contribution is 0.445. The van der Waals surface area contributed by atoms with E-state index in [2.05, 4.69) is 9.98 Å². The minimum Gasteiger partial charge on any atom is -0.454 e. The molecule has 6 heteroatoms. The molecular formula is C15H14ClN3OS. The summed E-state index contributed by atoms with van der Waals surface area (Å²) in [5, 5.41) is 1.13. The fourth-order valence-corrected chi connectivity index (χ4v) is 3.24. The Hall–Kier alpha value is -1.72. The number of nitrogens with zero attached hydrogens (tertiary/aromatic N) is 2. The predicted octanol–water partition coefficient (Wildman–Crippen LogP) is 3.80. The number of halogens is 1. The van der Waals surface area contributed by atoms with Gasteiger partial charge in [-0.15, -0.1) is 0 Å². The first-order valence-corrected chi connectivity index (χ1v) is 7.81. The lowest BCUT2D eigenvalue weighted by Gasteiger charge is -2.21. The normalized spacial score (nSPS) is 21.1. The maximum atomic E-state index is 6.15. The predicted molar refractivity (Wildman–Crippen MR) is 87.2 cm³/mol. The van der Waals surface area contributed by atoms with Crippen LogP contribution in [0, 0.1) is 0 Å². The molecule has 2 aromatic rings. The number of hydrogen-bond donors (Lipinski definition) is 1. The summed E-state index contributed by atoms with van der Waals surface area (Å²) in [4.78, 5) is 8.95. The number of pyridine rings is 1. The molecule has 3 rings (SSSR count). The number of nitrogens with two attached hydrogens (primary N) is 1. The van der Waals surface area contributed by atoms with Crippen LogP contribution in [-0.4, -0.2) is 15.9 Å². The van der Waals surface area contributed by atoms with E-state index in [0.29, 0.717) is 21.7 Å². The van der Waals surface area contributed by atoms with Crippen LogP contribution in [0.3, 0.4) is 0 Å². The van der Waals surface area contributed by atoms with E-state index < -0.39 is 5.54 Å². The minimum atomic E-state index is -0.480. The van der Waals surface area contributed by atoms with Crippen LogP contribution in [0.25, 0.3) is 0 Å². The van der Waals surface area contributed by atoms with Gasteiger partial charge in [0.25, 0.3) is 0 Å². The van der Waals surface area contributed by atoms with Crippen LogP contribution in [-0.2, 0) is 5.54 Å². The summed E-state index contributed by atoms with van der Waals surface area (Å²) in [5.74, 6) is 1.99. The number of amidine groups is 1. The molecule has 1 aliphatic heterocycles. The monoisotopic (exact) mass is 319 g/mol. The van der Waals surface area contributed by atoms with Gasteiger partial charge in [0, 0.05) is 11.9 Å². The van der Waals surface area contributed by atoms with Crippen LogP contribution in [0.1, 0.15) is 12.6 Å². The molecular weight excluding hydrogens is 306 g/mol. The third-order valence-electron chi connectivity index (χ3n) is 3.20. The first kappa shape index (κ1) is 14.2. The molecule has 108 valence electrons. The second-order valence-electron chi connectivity index (χ2n) is 4.90. The molecule has 0 amide bonds. The smallest absolute Gasteiger partial charge is 0.154 e. The number of thioether (sulfide) groups is 1. The molecule has 2 N–H and O–H groups in total. The van der Waals surface area contributed by atoms with Crippen molar-refractivity contribution in [2.45, 2.75) is 12.5 Å². The third kappa shape index (κ3) is 2.84. The van der Waals surface area contributed by atoms with E-state index in [4.69, 9.17) is 22.1 Å². The second kappa shape index (κ2) is 5.58. The summed E-state index contributed by atoms with van der Waals surface area (Å²) in [6.07, 6.45) is 1.73. The Morgan fingerprint density at radius 3 is 2.71 bits per heavy atom. The molecule has 1 aromatic carbocycles. The average Bonchev–Trinajstić information content (AvgIpc) is 2.83. The van der Waals surface area contributed by atoms with Crippen LogP contribution in [0.15, 0.2) is 47.6 Å². The lowest BCUT2D eigenvalue weighted by atomic mass is 10.00. The number of hydrogen-bond acceptors (Lipinski definition) is 5. The van der Waals surface area contributed by atoms with Gasteiger partial charge < -0.3 is 10.5 Å². The molecule has 0 saturated carbocycles. The van der Waals surface area contributed by atoms with E-state index in [1.807, 2.05) is 37.3 Å². The minimum absolute atomic E-state index is 0.480. The summed E-state index contributed by atoms with van der Waals surface area (Å²) in [5.41, 5.74) is 6.08. The zero-order valence-electron chi connectivity index (χ0n) is 11.4. The second-order valence-corrected chi connectivity index (χ2v) is 6.30. The van der Waals surface area contributed by atoms with Crippen molar-refractivity contribution >= 4 is 28.5 Å². The van der Waals surface area contributed by atoms with Crippen molar-refractivity contribution in [2.24, 2.45) is 10.7 Å². The maximum absolute atomic E-state index is 6.15. The van der Waals surface area contributed by atoms with E-state index in [-0.39, 0.29) is 0 Å². The summed E-state index contributed by atoms with van der Waals surface area (Å²) in [6, 6.07) is 11.0. The van der Waals surface area contributed by atoms with Gasteiger partial charge in [-0.25, -0.2) is 4.99 Å². The van der Waals surface area contributed by atoms with E-state index in [1.54, 1.807) is 12.3 Å². The molecule has 0 aliphatic carbocycles. The van der Waals surface area contributed by atoms with E-state index in [1.165, 1.54) is 11.8 Å². The SMILES string of the molecule is CC1(c2ncccc2Oc2ccccc2Cl)CSC(N)=N1. The van der Waals surface area contributed by atoms with E-state index >= 15 is 0 Å². The summed E-state index contributed by atoms with van der Waals surface area (Å²) >= 11 is 7.67.